The molecular formula is C20H25N5O3. The lowest BCUT2D eigenvalue weighted by atomic mass is 10.2. The Labute approximate surface area is 164 Å². The normalized spacial score (nSPS) is 14.6. The number of aryl methyl sites for hydroxylation is 1. The van der Waals surface area contributed by atoms with Gasteiger partial charge in [-0.25, -0.2) is 14.8 Å². The second-order valence-corrected chi connectivity index (χ2v) is 6.60. The van der Waals surface area contributed by atoms with Gasteiger partial charge in [0, 0.05) is 37.9 Å². The summed E-state index contributed by atoms with van der Waals surface area (Å²) in [5.74, 6) is 0.595. The molecule has 1 aromatic heterocycles. The maximum Gasteiger partial charge on any atom is 0.337 e. The van der Waals surface area contributed by atoms with Crippen LogP contribution in [0.15, 0.2) is 30.3 Å². The first-order valence-corrected chi connectivity index (χ1v) is 9.33. The van der Waals surface area contributed by atoms with Crippen LogP contribution in [0, 0.1) is 6.92 Å². The minimum Gasteiger partial charge on any atom is -0.465 e. The van der Waals surface area contributed by atoms with Crippen molar-refractivity contribution >= 4 is 23.4 Å². The number of piperazine rings is 1. The van der Waals surface area contributed by atoms with Gasteiger partial charge in [0.2, 0.25) is 0 Å². The lowest BCUT2D eigenvalue weighted by molar-refractivity contribution is 0.0600. The number of amides is 1. The molecule has 2 aromatic rings. The molecule has 2 heterocycles. The molecule has 1 N–H and O–H groups in total. The highest BCUT2D eigenvalue weighted by atomic mass is 16.5. The maximum absolute atomic E-state index is 12.7. The number of carbonyl (C=O) groups excluding carboxylic acids is 2. The summed E-state index contributed by atoms with van der Waals surface area (Å²) in [6, 6.07) is 8.25. The first kappa shape index (κ1) is 19.8. The topological polar surface area (TPSA) is 87.7 Å². The van der Waals surface area contributed by atoms with Crippen molar-refractivity contribution in [3.05, 3.63) is 47.4 Å². The summed E-state index contributed by atoms with van der Waals surface area (Å²) in [5.41, 5.74) is 1.32. The minimum atomic E-state index is -0.419. The van der Waals surface area contributed by atoms with Gasteiger partial charge in [-0.1, -0.05) is 6.92 Å². The third-order valence-electron chi connectivity index (χ3n) is 4.76. The van der Waals surface area contributed by atoms with Crippen molar-refractivity contribution in [2.75, 3.05) is 50.1 Å². The van der Waals surface area contributed by atoms with E-state index in [1.165, 1.54) is 7.11 Å². The van der Waals surface area contributed by atoms with Crippen molar-refractivity contribution < 1.29 is 14.3 Å². The zero-order valence-corrected chi connectivity index (χ0v) is 16.4. The number of nitrogens with one attached hydrogen (secondary N) is 1. The van der Waals surface area contributed by atoms with Crippen LogP contribution < -0.4 is 10.2 Å². The van der Waals surface area contributed by atoms with Crippen molar-refractivity contribution in [2.24, 2.45) is 0 Å². The van der Waals surface area contributed by atoms with Crippen LogP contribution in [0.25, 0.3) is 0 Å². The highest BCUT2D eigenvalue weighted by molar-refractivity contribution is 6.03. The highest BCUT2D eigenvalue weighted by Crippen LogP contribution is 2.17. The highest BCUT2D eigenvalue weighted by Gasteiger charge is 2.19. The molecule has 8 heteroatoms. The van der Waals surface area contributed by atoms with Gasteiger partial charge in [-0.2, -0.15) is 0 Å². The zero-order chi connectivity index (χ0) is 20.1. The molecule has 0 spiro atoms. The Hall–Kier alpha value is -3.00. The predicted octanol–water partition coefficient (Wildman–Crippen LogP) is 1.97. The lowest BCUT2D eigenvalue weighted by Gasteiger charge is -2.34. The van der Waals surface area contributed by atoms with E-state index in [2.05, 4.69) is 36.7 Å². The molecule has 0 unspecified atom stereocenters. The molecule has 28 heavy (non-hydrogen) atoms. The molecule has 0 radical (unpaired) electrons. The molecular weight excluding hydrogens is 358 g/mol. The van der Waals surface area contributed by atoms with Crippen molar-refractivity contribution in [3.63, 3.8) is 0 Å². The molecule has 1 aliphatic heterocycles. The largest absolute Gasteiger partial charge is 0.465 e. The number of esters is 1. The number of benzene rings is 1. The SMILES string of the molecule is CCN1CCN(c2cc(C(=O)Nc3ccc(C(=O)OC)cc3)nc(C)n2)CC1. The summed E-state index contributed by atoms with van der Waals surface area (Å²) < 4.78 is 4.67. The van der Waals surface area contributed by atoms with Crippen LogP contribution in [0.3, 0.4) is 0 Å². The molecule has 0 saturated carbocycles. The van der Waals surface area contributed by atoms with Crippen molar-refractivity contribution in [3.8, 4) is 0 Å². The monoisotopic (exact) mass is 383 g/mol. The lowest BCUT2D eigenvalue weighted by Crippen LogP contribution is -2.46. The van der Waals surface area contributed by atoms with Crippen LogP contribution in [0.5, 0.6) is 0 Å². The Balaban J connectivity index is 1.71. The summed E-state index contributed by atoms with van der Waals surface area (Å²) >= 11 is 0. The third kappa shape index (κ3) is 4.64. The smallest absolute Gasteiger partial charge is 0.337 e. The number of methoxy groups -OCH3 is 1. The number of hydrogen-bond donors (Lipinski definition) is 1. The molecule has 1 fully saturated rings. The van der Waals surface area contributed by atoms with Gasteiger partial charge in [0.05, 0.1) is 12.7 Å². The summed E-state index contributed by atoms with van der Waals surface area (Å²) in [5, 5.41) is 2.81. The predicted molar refractivity (Wildman–Crippen MR) is 107 cm³/mol. The van der Waals surface area contributed by atoms with E-state index in [-0.39, 0.29) is 5.91 Å². The number of ether oxygens (including phenoxy) is 1. The molecule has 8 nitrogen and oxygen atoms in total. The Morgan fingerprint density at radius 2 is 1.79 bits per heavy atom. The van der Waals surface area contributed by atoms with E-state index >= 15 is 0 Å². The maximum atomic E-state index is 12.7. The molecule has 0 atom stereocenters. The number of rotatable bonds is 5. The summed E-state index contributed by atoms with van der Waals surface area (Å²) in [6.07, 6.45) is 0. The van der Waals surface area contributed by atoms with Crippen molar-refractivity contribution in [1.82, 2.24) is 14.9 Å². The van der Waals surface area contributed by atoms with E-state index in [1.54, 1.807) is 37.3 Å². The molecule has 1 aromatic carbocycles. The van der Waals surface area contributed by atoms with E-state index in [4.69, 9.17) is 0 Å². The molecule has 3 rings (SSSR count). The molecule has 0 aliphatic carbocycles. The molecule has 1 amide bonds. The van der Waals surface area contributed by atoms with Crippen LogP contribution in [-0.2, 0) is 4.74 Å². The average molecular weight is 383 g/mol. The van der Waals surface area contributed by atoms with Gasteiger partial charge < -0.3 is 19.9 Å². The van der Waals surface area contributed by atoms with E-state index in [0.717, 1.165) is 38.5 Å². The summed E-state index contributed by atoms with van der Waals surface area (Å²) in [4.78, 5) is 37.5. The number of carbonyl (C=O) groups is 2. The van der Waals surface area contributed by atoms with E-state index < -0.39 is 5.97 Å². The Bertz CT molecular complexity index is 845. The van der Waals surface area contributed by atoms with Gasteiger partial charge in [0.25, 0.3) is 5.91 Å². The van der Waals surface area contributed by atoms with Gasteiger partial charge in [-0.05, 0) is 37.7 Å². The second-order valence-electron chi connectivity index (χ2n) is 6.60. The van der Waals surface area contributed by atoms with Crippen molar-refractivity contribution in [2.45, 2.75) is 13.8 Å². The number of hydrogen-bond acceptors (Lipinski definition) is 7. The van der Waals surface area contributed by atoms with E-state index in [1.807, 2.05) is 0 Å². The number of aromatic nitrogens is 2. The number of nitrogens with zero attached hydrogens (tertiary/aromatic N) is 4. The molecule has 0 bridgehead atoms. The second kappa shape index (κ2) is 8.79. The average Bonchev–Trinajstić information content (AvgIpc) is 2.73. The van der Waals surface area contributed by atoms with Gasteiger partial charge >= 0.3 is 5.97 Å². The minimum absolute atomic E-state index is 0.315. The summed E-state index contributed by atoms with van der Waals surface area (Å²) in [6.45, 7) is 8.69. The van der Waals surface area contributed by atoms with Gasteiger partial charge in [0.15, 0.2) is 0 Å². The van der Waals surface area contributed by atoms with Gasteiger partial charge in [-0.3, -0.25) is 4.79 Å². The zero-order valence-electron chi connectivity index (χ0n) is 16.4. The third-order valence-corrected chi connectivity index (χ3v) is 4.76. The van der Waals surface area contributed by atoms with Crippen LogP contribution in [0.4, 0.5) is 11.5 Å². The fraction of sp³-hybridized carbons (Fsp3) is 0.400. The Morgan fingerprint density at radius 3 is 2.39 bits per heavy atom. The van der Waals surface area contributed by atoms with Crippen LogP contribution in [-0.4, -0.2) is 66.6 Å². The van der Waals surface area contributed by atoms with Crippen LogP contribution >= 0.6 is 0 Å². The van der Waals surface area contributed by atoms with E-state index in [9.17, 15) is 9.59 Å². The fourth-order valence-electron chi connectivity index (χ4n) is 3.13. The van der Waals surface area contributed by atoms with Gasteiger partial charge in [-0.15, -0.1) is 0 Å². The summed E-state index contributed by atoms with van der Waals surface area (Å²) in [7, 11) is 1.33. The van der Waals surface area contributed by atoms with Crippen molar-refractivity contribution in [1.29, 1.82) is 0 Å². The first-order chi connectivity index (χ1) is 13.5. The van der Waals surface area contributed by atoms with Crippen LogP contribution in [0.2, 0.25) is 0 Å². The van der Waals surface area contributed by atoms with Gasteiger partial charge in [0.1, 0.15) is 17.3 Å². The van der Waals surface area contributed by atoms with Crippen LogP contribution in [0.1, 0.15) is 33.6 Å². The quantitative estimate of drug-likeness (QED) is 0.790. The molecule has 1 aliphatic rings. The number of anilines is 2. The first-order valence-electron chi connectivity index (χ1n) is 9.33. The molecule has 148 valence electrons. The Kier molecular flexibility index (Phi) is 6.20. The van der Waals surface area contributed by atoms with E-state index in [0.29, 0.717) is 22.8 Å². The number of likely N-dealkylation sites (N-methyl/N-ethyl adjacent to an activating group) is 1. The fourth-order valence-corrected chi connectivity index (χ4v) is 3.13. The molecule has 1 saturated heterocycles. The standard InChI is InChI=1S/C20H25N5O3/c1-4-24-9-11-25(12-10-24)18-13-17(21-14(2)22-18)19(26)23-16-7-5-15(6-8-16)20(27)28-3/h5-8,13H,4,9-12H2,1-3H3,(H,23,26). The Morgan fingerprint density at radius 1 is 1.11 bits per heavy atom.